The van der Waals surface area contributed by atoms with Gasteiger partial charge >= 0.3 is 6.18 Å². The summed E-state index contributed by atoms with van der Waals surface area (Å²) in [5, 5.41) is 0.177. The maximum absolute atomic E-state index is 12.9. The Morgan fingerprint density at radius 2 is 1.92 bits per heavy atom. The Balaban J connectivity index is 2.46. The van der Waals surface area contributed by atoms with Gasteiger partial charge in [0.2, 0.25) is 5.78 Å². The minimum absolute atomic E-state index is 0.177. The molecule has 1 aromatic heterocycles. The number of hydrogen-bond acceptors (Lipinski definition) is 2. The molecule has 1 aromatic carbocycles. The summed E-state index contributed by atoms with van der Waals surface area (Å²) in [4.78, 5) is 16.7. The lowest BCUT2D eigenvalue weighted by Crippen LogP contribution is -2.05. The van der Waals surface area contributed by atoms with Gasteiger partial charge < -0.3 is 9.88 Å². The number of aryl methyl sites for hydroxylation is 1. The fourth-order valence-corrected chi connectivity index (χ4v) is 2.38. The van der Waals surface area contributed by atoms with Crippen LogP contribution in [0.3, 0.4) is 0 Å². The van der Waals surface area contributed by atoms with E-state index in [9.17, 15) is 18.0 Å². The topological polar surface area (TPSA) is 36.1 Å². The zero-order valence-corrected chi connectivity index (χ0v) is 14.1. The van der Waals surface area contributed by atoms with Crippen LogP contribution >= 0.6 is 11.6 Å². The van der Waals surface area contributed by atoms with Crippen LogP contribution in [0.4, 0.5) is 13.2 Å². The third-order valence-electron chi connectivity index (χ3n) is 3.37. The Morgan fingerprint density at radius 3 is 2.50 bits per heavy atom. The summed E-state index contributed by atoms with van der Waals surface area (Å²) in [6.07, 6.45) is -1.49. The molecule has 0 saturated carbocycles. The van der Waals surface area contributed by atoms with Gasteiger partial charge in [0.25, 0.3) is 0 Å². The predicted octanol–water partition coefficient (Wildman–Crippen LogP) is 4.92. The number of hydrogen-bond donors (Lipinski definition) is 1. The Kier molecular flexibility index (Phi) is 5.08. The lowest BCUT2D eigenvalue weighted by atomic mass is 10.1. The second kappa shape index (κ2) is 6.73. The number of carbonyl (C=O) groups is 1. The molecule has 24 heavy (non-hydrogen) atoms. The summed E-state index contributed by atoms with van der Waals surface area (Å²) in [6, 6.07) is 4.70. The standard InChI is InChI=1S/C17H16ClF3N2O/c1-10-8-14(15(24)6-7-23(2)3)22-16(10)12-9-11(17(19,20)21)4-5-13(12)18/h4-9,22H,1-3H3. The molecular weight excluding hydrogens is 341 g/mol. The first-order valence-electron chi connectivity index (χ1n) is 7.05. The van der Waals surface area contributed by atoms with Crippen LogP contribution in [-0.2, 0) is 6.18 Å². The molecule has 2 aromatic rings. The minimum Gasteiger partial charge on any atom is -0.383 e. The van der Waals surface area contributed by atoms with E-state index in [2.05, 4.69) is 4.98 Å². The van der Waals surface area contributed by atoms with Gasteiger partial charge in [-0.05, 0) is 36.8 Å². The SMILES string of the molecule is Cc1cc(C(=O)C=CN(C)C)[nH]c1-c1cc(C(F)(F)F)ccc1Cl. The van der Waals surface area contributed by atoms with Gasteiger partial charge in [-0.1, -0.05) is 11.6 Å². The molecule has 0 aliphatic heterocycles. The number of aromatic amines is 1. The second-order valence-electron chi connectivity index (χ2n) is 5.58. The molecule has 0 aliphatic carbocycles. The zero-order chi connectivity index (χ0) is 18.1. The molecule has 1 heterocycles. The average molecular weight is 357 g/mol. The highest BCUT2D eigenvalue weighted by Crippen LogP contribution is 2.36. The Hall–Kier alpha value is -2.21. The largest absolute Gasteiger partial charge is 0.416 e. The van der Waals surface area contributed by atoms with Gasteiger partial charge in [0.05, 0.1) is 17.0 Å². The van der Waals surface area contributed by atoms with E-state index >= 15 is 0 Å². The fraction of sp³-hybridized carbons (Fsp3) is 0.235. The van der Waals surface area contributed by atoms with Crippen LogP contribution in [0, 0.1) is 6.92 Å². The van der Waals surface area contributed by atoms with Crippen molar-refractivity contribution in [3.8, 4) is 11.3 Å². The van der Waals surface area contributed by atoms with Gasteiger partial charge in [0, 0.05) is 37.0 Å². The molecule has 0 unspecified atom stereocenters. The molecule has 0 fully saturated rings. The van der Waals surface area contributed by atoms with Crippen molar-refractivity contribution >= 4 is 17.4 Å². The van der Waals surface area contributed by atoms with Crippen molar-refractivity contribution in [2.24, 2.45) is 0 Å². The minimum atomic E-state index is -4.47. The smallest absolute Gasteiger partial charge is 0.383 e. The highest BCUT2D eigenvalue weighted by molar-refractivity contribution is 6.33. The first kappa shape index (κ1) is 18.1. The lowest BCUT2D eigenvalue weighted by Gasteiger charge is -2.10. The molecule has 3 nitrogen and oxygen atoms in total. The molecule has 0 aliphatic rings. The first-order valence-corrected chi connectivity index (χ1v) is 7.43. The monoisotopic (exact) mass is 356 g/mol. The number of alkyl halides is 3. The Labute approximate surface area is 142 Å². The van der Waals surface area contributed by atoms with Crippen molar-refractivity contribution in [2.45, 2.75) is 13.1 Å². The van der Waals surface area contributed by atoms with Crippen LogP contribution in [-0.4, -0.2) is 29.8 Å². The van der Waals surface area contributed by atoms with Crippen molar-refractivity contribution in [1.82, 2.24) is 9.88 Å². The van der Waals surface area contributed by atoms with Crippen molar-refractivity contribution in [3.05, 3.63) is 58.4 Å². The van der Waals surface area contributed by atoms with E-state index < -0.39 is 11.7 Å². The molecule has 0 amide bonds. The third-order valence-corrected chi connectivity index (χ3v) is 3.70. The van der Waals surface area contributed by atoms with Gasteiger partial charge in [-0.3, -0.25) is 4.79 Å². The summed E-state index contributed by atoms with van der Waals surface area (Å²) in [7, 11) is 3.55. The zero-order valence-electron chi connectivity index (χ0n) is 13.3. The Bertz CT molecular complexity index is 792. The molecule has 0 atom stereocenters. The normalized spacial score (nSPS) is 12.0. The van der Waals surface area contributed by atoms with E-state index in [1.165, 1.54) is 12.1 Å². The summed E-state index contributed by atoms with van der Waals surface area (Å²) in [6.45, 7) is 1.70. The van der Waals surface area contributed by atoms with Crippen LogP contribution in [0.1, 0.15) is 21.6 Å². The van der Waals surface area contributed by atoms with E-state index in [4.69, 9.17) is 11.6 Å². The number of aromatic nitrogens is 1. The lowest BCUT2D eigenvalue weighted by molar-refractivity contribution is -0.137. The average Bonchev–Trinajstić information content (AvgIpc) is 2.86. The second-order valence-corrected chi connectivity index (χ2v) is 5.98. The summed E-state index contributed by atoms with van der Waals surface area (Å²) < 4.78 is 38.7. The van der Waals surface area contributed by atoms with Crippen LogP contribution < -0.4 is 0 Å². The van der Waals surface area contributed by atoms with Crippen molar-refractivity contribution in [2.75, 3.05) is 14.1 Å². The van der Waals surface area contributed by atoms with Gasteiger partial charge in [-0.15, -0.1) is 0 Å². The van der Waals surface area contributed by atoms with Crippen molar-refractivity contribution in [1.29, 1.82) is 0 Å². The number of H-pyrrole nitrogens is 1. The summed E-state index contributed by atoms with van der Waals surface area (Å²) in [5.41, 5.74) is 0.732. The number of nitrogens with zero attached hydrogens (tertiary/aromatic N) is 1. The van der Waals surface area contributed by atoms with Gasteiger partial charge in [0.15, 0.2) is 0 Å². The molecule has 0 bridgehead atoms. The van der Waals surface area contributed by atoms with Crippen molar-refractivity contribution in [3.63, 3.8) is 0 Å². The molecule has 128 valence electrons. The van der Waals surface area contributed by atoms with E-state index in [-0.39, 0.29) is 22.1 Å². The molecular formula is C17H16ClF3N2O. The number of rotatable bonds is 4. The summed E-state index contributed by atoms with van der Waals surface area (Å²) in [5.74, 6) is -0.277. The molecule has 2 rings (SSSR count). The number of halogens is 4. The Morgan fingerprint density at radius 1 is 1.25 bits per heavy atom. The van der Waals surface area contributed by atoms with Crippen molar-refractivity contribution < 1.29 is 18.0 Å². The maximum atomic E-state index is 12.9. The number of nitrogens with one attached hydrogen (secondary N) is 1. The van der Waals surface area contributed by atoms with E-state index in [0.29, 0.717) is 11.3 Å². The van der Waals surface area contributed by atoms with E-state index in [0.717, 1.165) is 12.1 Å². The molecule has 0 saturated heterocycles. The number of benzene rings is 1. The van der Waals surface area contributed by atoms with E-state index in [1.54, 1.807) is 38.2 Å². The van der Waals surface area contributed by atoms with Crippen LogP contribution in [0.2, 0.25) is 5.02 Å². The quantitative estimate of drug-likeness (QED) is 0.623. The number of ketones is 1. The van der Waals surface area contributed by atoms with Crippen LogP contribution in [0.15, 0.2) is 36.5 Å². The molecule has 0 spiro atoms. The van der Waals surface area contributed by atoms with Gasteiger partial charge in [0.1, 0.15) is 0 Å². The molecule has 7 heteroatoms. The predicted molar refractivity (Wildman–Crippen MR) is 88.1 cm³/mol. The molecule has 0 radical (unpaired) electrons. The van der Waals surface area contributed by atoms with E-state index in [1.807, 2.05) is 0 Å². The van der Waals surface area contributed by atoms with Gasteiger partial charge in [-0.25, -0.2) is 0 Å². The number of allylic oxidation sites excluding steroid dienone is 1. The molecule has 1 N–H and O–H groups in total. The van der Waals surface area contributed by atoms with Crippen LogP contribution in [0.5, 0.6) is 0 Å². The highest BCUT2D eigenvalue weighted by Gasteiger charge is 2.31. The number of carbonyl (C=O) groups excluding carboxylic acids is 1. The van der Waals surface area contributed by atoms with Gasteiger partial charge in [-0.2, -0.15) is 13.2 Å². The highest BCUT2D eigenvalue weighted by atomic mass is 35.5. The summed E-state index contributed by atoms with van der Waals surface area (Å²) >= 11 is 6.05. The maximum Gasteiger partial charge on any atom is 0.416 e. The third kappa shape index (κ3) is 4.00. The first-order chi connectivity index (χ1) is 11.1. The van der Waals surface area contributed by atoms with Crippen LogP contribution in [0.25, 0.3) is 11.3 Å². The fourth-order valence-electron chi connectivity index (χ4n) is 2.17.